The molecule has 2 aromatic rings. The van der Waals surface area contributed by atoms with E-state index in [1.165, 1.54) is 0 Å². The molecule has 1 amide bonds. The zero-order chi connectivity index (χ0) is 19.5. The van der Waals surface area contributed by atoms with E-state index >= 15 is 0 Å². The Bertz CT molecular complexity index is 986. The number of carbonyl (C=O) groups excluding carboxylic acids is 1. The second-order valence-electron chi connectivity index (χ2n) is 7.29. The van der Waals surface area contributed by atoms with Crippen LogP contribution < -0.4 is 9.47 Å². The Labute approximate surface area is 162 Å². The molecule has 0 bridgehead atoms. The molecule has 144 valence electrons. The van der Waals surface area contributed by atoms with Gasteiger partial charge in [0.25, 0.3) is 5.91 Å². The molecule has 3 heterocycles. The Morgan fingerprint density at radius 2 is 1.86 bits per heavy atom. The number of amides is 1. The normalized spacial score (nSPS) is 27.5. The third kappa shape index (κ3) is 2.09. The minimum Gasteiger partial charge on any atom is -0.493 e. The molecule has 3 atom stereocenters. The van der Waals surface area contributed by atoms with E-state index in [0.29, 0.717) is 30.2 Å². The van der Waals surface area contributed by atoms with Crippen LogP contribution in [0, 0.1) is 0 Å². The van der Waals surface area contributed by atoms with Gasteiger partial charge < -0.3 is 24.2 Å². The van der Waals surface area contributed by atoms with Gasteiger partial charge in [-0.3, -0.25) is 4.79 Å². The van der Waals surface area contributed by atoms with Crippen molar-refractivity contribution in [2.24, 2.45) is 0 Å². The largest absolute Gasteiger partial charge is 0.493 e. The van der Waals surface area contributed by atoms with Crippen LogP contribution in [0.25, 0.3) is 5.76 Å². The van der Waals surface area contributed by atoms with Crippen molar-refractivity contribution < 1.29 is 24.1 Å². The maximum atomic E-state index is 12.8. The van der Waals surface area contributed by atoms with Gasteiger partial charge in [0.05, 0.1) is 14.2 Å². The zero-order valence-electron chi connectivity index (χ0n) is 15.7. The van der Waals surface area contributed by atoms with Crippen LogP contribution >= 0.6 is 0 Å². The zero-order valence-corrected chi connectivity index (χ0v) is 15.7. The molecule has 5 rings (SSSR count). The molecular weight excluding hydrogens is 358 g/mol. The molecule has 0 unspecified atom stereocenters. The molecule has 0 saturated carbocycles. The van der Waals surface area contributed by atoms with Gasteiger partial charge in [-0.2, -0.15) is 0 Å². The highest BCUT2D eigenvalue weighted by molar-refractivity contribution is 5.89. The van der Waals surface area contributed by atoms with E-state index < -0.39 is 17.7 Å². The first-order chi connectivity index (χ1) is 13.6. The molecule has 2 aromatic carbocycles. The lowest BCUT2D eigenvalue weighted by Gasteiger charge is -2.41. The summed E-state index contributed by atoms with van der Waals surface area (Å²) in [5, 5.41) is 10.7. The van der Waals surface area contributed by atoms with Gasteiger partial charge in [-0.25, -0.2) is 0 Å². The van der Waals surface area contributed by atoms with Crippen LogP contribution in [0.4, 0.5) is 0 Å². The number of hydrogen-bond donors (Lipinski definition) is 1. The molecule has 6 heteroatoms. The van der Waals surface area contributed by atoms with E-state index in [4.69, 9.17) is 14.2 Å². The van der Waals surface area contributed by atoms with E-state index in [1.807, 2.05) is 48.5 Å². The molecule has 1 saturated heterocycles. The lowest BCUT2D eigenvalue weighted by atomic mass is 9.78. The predicted octanol–water partition coefficient (Wildman–Crippen LogP) is 2.10. The van der Waals surface area contributed by atoms with Gasteiger partial charge in [-0.1, -0.05) is 30.3 Å². The second kappa shape index (κ2) is 6.01. The number of ether oxygens (including phenoxy) is 3. The van der Waals surface area contributed by atoms with E-state index in [1.54, 1.807) is 19.1 Å². The Kier molecular flexibility index (Phi) is 3.67. The van der Waals surface area contributed by atoms with Crippen LogP contribution in [0.15, 0.2) is 48.5 Å². The van der Waals surface area contributed by atoms with Crippen molar-refractivity contribution in [3.05, 3.63) is 65.2 Å². The Morgan fingerprint density at radius 1 is 1.14 bits per heavy atom. The lowest BCUT2D eigenvalue weighted by Crippen LogP contribution is -2.50. The Morgan fingerprint density at radius 3 is 2.57 bits per heavy atom. The summed E-state index contributed by atoms with van der Waals surface area (Å²) in [6.07, 6.45) is 0.742. The highest BCUT2D eigenvalue weighted by Gasteiger charge is 2.64. The van der Waals surface area contributed by atoms with Crippen LogP contribution in [0.5, 0.6) is 11.5 Å². The summed E-state index contributed by atoms with van der Waals surface area (Å²) in [7, 11) is 3.19. The fourth-order valence-corrected chi connectivity index (χ4v) is 4.71. The van der Waals surface area contributed by atoms with Gasteiger partial charge in [0, 0.05) is 12.1 Å². The van der Waals surface area contributed by atoms with E-state index in [9.17, 15) is 9.90 Å². The van der Waals surface area contributed by atoms with Crippen molar-refractivity contribution >= 4 is 11.7 Å². The molecule has 28 heavy (non-hydrogen) atoms. The van der Waals surface area contributed by atoms with E-state index in [2.05, 4.69) is 0 Å². The Balaban J connectivity index is 1.74. The molecule has 3 aliphatic heterocycles. The number of nitrogens with zero attached hydrogens (tertiary/aromatic N) is 1. The van der Waals surface area contributed by atoms with Gasteiger partial charge in [-0.15, -0.1) is 0 Å². The number of rotatable bonds is 3. The molecule has 0 aliphatic carbocycles. The number of hydrogen-bond acceptors (Lipinski definition) is 5. The first kappa shape index (κ1) is 17.1. The van der Waals surface area contributed by atoms with Crippen LogP contribution in [-0.4, -0.2) is 48.9 Å². The summed E-state index contributed by atoms with van der Waals surface area (Å²) < 4.78 is 17.1. The lowest BCUT2D eigenvalue weighted by molar-refractivity contribution is -0.137. The summed E-state index contributed by atoms with van der Waals surface area (Å²) in [5.74, 6) is 1.61. The van der Waals surface area contributed by atoms with Crippen molar-refractivity contribution in [1.82, 2.24) is 4.90 Å². The minimum atomic E-state index is -1.21. The van der Waals surface area contributed by atoms with Crippen LogP contribution in [0.1, 0.15) is 16.7 Å². The molecule has 6 nitrogen and oxygen atoms in total. The highest BCUT2D eigenvalue weighted by atomic mass is 16.5. The van der Waals surface area contributed by atoms with Crippen LogP contribution in [-0.2, 0) is 21.5 Å². The maximum Gasteiger partial charge on any atom is 0.256 e. The number of fused-ring (bicyclic) bond motifs is 1. The highest BCUT2D eigenvalue weighted by Crippen LogP contribution is 2.54. The quantitative estimate of drug-likeness (QED) is 0.885. The van der Waals surface area contributed by atoms with Gasteiger partial charge in [-0.05, 0) is 35.8 Å². The van der Waals surface area contributed by atoms with Gasteiger partial charge in [0.1, 0.15) is 11.3 Å². The molecular formula is C22H21NO5. The number of carbonyl (C=O) groups is 1. The predicted molar refractivity (Wildman–Crippen MR) is 102 cm³/mol. The van der Waals surface area contributed by atoms with Crippen LogP contribution in [0.2, 0.25) is 0 Å². The van der Waals surface area contributed by atoms with E-state index in [0.717, 1.165) is 16.7 Å². The summed E-state index contributed by atoms with van der Waals surface area (Å²) in [5.41, 5.74) is 2.04. The van der Waals surface area contributed by atoms with Gasteiger partial charge in [0.2, 0.25) is 0 Å². The van der Waals surface area contributed by atoms with Crippen molar-refractivity contribution in [1.29, 1.82) is 0 Å². The molecule has 1 N–H and O–H groups in total. The second-order valence-corrected chi connectivity index (χ2v) is 7.29. The van der Waals surface area contributed by atoms with Crippen molar-refractivity contribution in [3.8, 4) is 11.5 Å². The fourth-order valence-electron chi connectivity index (χ4n) is 4.71. The topological polar surface area (TPSA) is 68.2 Å². The van der Waals surface area contributed by atoms with Gasteiger partial charge in [0.15, 0.2) is 23.7 Å². The summed E-state index contributed by atoms with van der Waals surface area (Å²) in [6, 6.07) is 13.6. The first-order valence-corrected chi connectivity index (χ1v) is 9.30. The first-order valence-electron chi connectivity index (χ1n) is 9.30. The summed E-state index contributed by atoms with van der Waals surface area (Å²) in [4.78, 5) is 14.5. The monoisotopic (exact) mass is 379 g/mol. The van der Waals surface area contributed by atoms with Gasteiger partial charge >= 0.3 is 0 Å². The average molecular weight is 379 g/mol. The average Bonchev–Trinajstić information content (AvgIpc) is 3.21. The third-order valence-corrected chi connectivity index (χ3v) is 6.00. The van der Waals surface area contributed by atoms with Crippen molar-refractivity contribution in [3.63, 3.8) is 0 Å². The number of aliphatic hydroxyl groups is 1. The maximum absolute atomic E-state index is 12.8. The molecule has 1 fully saturated rings. The number of aliphatic hydroxyl groups excluding tert-OH is 1. The van der Waals surface area contributed by atoms with Crippen LogP contribution in [0.3, 0.4) is 0 Å². The van der Waals surface area contributed by atoms with E-state index in [-0.39, 0.29) is 5.91 Å². The minimum absolute atomic E-state index is 0.297. The third-order valence-electron chi connectivity index (χ3n) is 6.00. The standard InChI is InChI=1S/C22H21NO5/c1-26-16-10-14-8-9-23-21(25)19(24)20-22(23,15(14)11-17(16)27-2)12-18(28-20)13-6-4-3-5-7-13/h3-7,10-12,19-20,24H,8-9H2,1-2H3/t19-,20-,22+/m1/s1. The molecule has 1 spiro atoms. The smallest absolute Gasteiger partial charge is 0.256 e. The number of benzene rings is 2. The molecule has 0 radical (unpaired) electrons. The summed E-state index contributed by atoms with van der Waals surface area (Å²) in [6.45, 7) is 0.511. The van der Waals surface area contributed by atoms with Crippen molar-refractivity contribution in [2.75, 3.05) is 20.8 Å². The Hall–Kier alpha value is -2.99. The van der Waals surface area contributed by atoms with Crippen molar-refractivity contribution in [2.45, 2.75) is 24.2 Å². The number of methoxy groups -OCH3 is 2. The molecule has 0 aromatic heterocycles. The molecule has 3 aliphatic rings. The fraction of sp³-hybridized carbons (Fsp3) is 0.318. The SMILES string of the molecule is COc1cc2c(cc1OC)[C@@]13C=C(c4ccccc4)O[C@@H]1[C@@H](O)C(=O)N3CC2. The summed E-state index contributed by atoms with van der Waals surface area (Å²) >= 11 is 0.